The van der Waals surface area contributed by atoms with Gasteiger partial charge >= 0.3 is 0 Å². The van der Waals surface area contributed by atoms with E-state index in [4.69, 9.17) is 4.74 Å². The third kappa shape index (κ3) is 3.38. The second-order valence-electron chi connectivity index (χ2n) is 6.91. The summed E-state index contributed by atoms with van der Waals surface area (Å²) in [6, 6.07) is 14.0. The van der Waals surface area contributed by atoms with Crippen LogP contribution in [-0.2, 0) is 16.8 Å². The largest absolute Gasteiger partial charge is 0.497 e. The SMILES string of the molecule is COc1ccc2[nH]cc(C(C)(C)C(=O)NCc3cccc(C)c3)c2c1. The van der Waals surface area contributed by atoms with Gasteiger partial charge in [0.1, 0.15) is 5.75 Å². The smallest absolute Gasteiger partial charge is 0.230 e. The summed E-state index contributed by atoms with van der Waals surface area (Å²) in [4.78, 5) is 16.1. The van der Waals surface area contributed by atoms with Crippen LogP contribution < -0.4 is 10.1 Å². The minimum absolute atomic E-state index is 0.00211. The second kappa shape index (κ2) is 6.63. The van der Waals surface area contributed by atoms with Crippen molar-refractivity contribution in [3.63, 3.8) is 0 Å². The minimum atomic E-state index is -0.658. The molecule has 3 rings (SSSR count). The quantitative estimate of drug-likeness (QED) is 0.738. The van der Waals surface area contributed by atoms with Crippen LogP contribution in [0.5, 0.6) is 5.75 Å². The number of fused-ring (bicyclic) bond motifs is 1. The standard InChI is InChI=1S/C21H24N2O2/c1-14-6-5-7-15(10-14)12-23-20(24)21(2,3)18-13-22-19-9-8-16(25-4)11-17(18)19/h5-11,13,22H,12H2,1-4H3,(H,23,24). The number of aryl methyl sites for hydroxylation is 1. The molecule has 0 aliphatic heterocycles. The maximum atomic E-state index is 12.9. The van der Waals surface area contributed by atoms with Crippen molar-refractivity contribution in [2.75, 3.05) is 7.11 Å². The first-order valence-corrected chi connectivity index (χ1v) is 8.41. The summed E-state index contributed by atoms with van der Waals surface area (Å²) in [7, 11) is 1.65. The molecular weight excluding hydrogens is 312 g/mol. The van der Waals surface area contributed by atoms with Crippen LogP contribution in [0, 0.1) is 6.92 Å². The number of ether oxygens (including phenoxy) is 1. The predicted octanol–water partition coefficient (Wildman–Crippen LogP) is 4.08. The third-order valence-corrected chi connectivity index (χ3v) is 4.67. The van der Waals surface area contributed by atoms with Crippen molar-refractivity contribution >= 4 is 16.8 Å². The molecule has 1 amide bonds. The van der Waals surface area contributed by atoms with Gasteiger partial charge in [0.05, 0.1) is 12.5 Å². The Morgan fingerprint density at radius 1 is 1.20 bits per heavy atom. The van der Waals surface area contributed by atoms with Crippen molar-refractivity contribution in [3.8, 4) is 5.75 Å². The molecule has 25 heavy (non-hydrogen) atoms. The molecular formula is C21H24N2O2. The summed E-state index contributed by atoms with van der Waals surface area (Å²) in [6.07, 6.45) is 1.91. The van der Waals surface area contributed by atoms with Gasteiger partial charge in [0.15, 0.2) is 0 Å². The Bertz CT molecular complexity index is 909. The van der Waals surface area contributed by atoms with E-state index in [0.29, 0.717) is 6.54 Å². The van der Waals surface area contributed by atoms with Crippen LogP contribution in [0.25, 0.3) is 10.9 Å². The molecule has 1 aromatic heterocycles. The van der Waals surface area contributed by atoms with Gasteiger partial charge in [0.25, 0.3) is 0 Å². The average molecular weight is 336 g/mol. The van der Waals surface area contributed by atoms with Crippen LogP contribution in [-0.4, -0.2) is 18.0 Å². The minimum Gasteiger partial charge on any atom is -0.497 e. The Morgan fingerprint density at radius 2 is 2.00 bits per heavy atom. The van der Waals surface area contributed by atoms with E-state index in [9.17, 15) is 4.79 Å². The van der Waals surface area contributed by atoms with E-state index in [1.54, 1.807) is 7.11 Å². The zero-order valence-corrected chi connectivity index (χ0v) is 15.1. The van der Waals surface area contributed by atoms with Gasteiger partial charge in [-0.05, 0) is 50.1 Å². The van der Waals surface area contributed by atoms with Crippen molar-refractivity contribution < 1.29 is 9.53 Å². The van der Waals surface area contributed by atoms with Crippen LogP contribution in [0.2, 0.25) is 0 Å². The van der Waals surface area contributed by atoms with Crippen LogP contribution in [0.1, 0.15) is 30.5 Å². The summed E-state index contributed by atoms with van der Waals surface area (Å²) in [5, 5.41) is 4.07. The number of methoxy groups -OCH3 is 1. The molecule has 0 bridgehead atoms. The van der Waals surface area contributed by atoms with Crippen LogP contribution >= 0.6 is 0 Å². The van der Waals surface area contributed by atoms with Gasteiger partial charge in [-0.25, -0.2) is 0 Å². The summed E-state index contributed by atoms with van der Waals surface area (Å²) < 4.78 is 5.32. The zero-order valence-electron chi connectivity index (χ0n) is 15.1. The van der Waals surface area contributed by atoms with Crippen molar-refractivity contribution in [3.05, 3.63) is 65.4 Å². The molecule has 0 fully saturated rings. The number of H-pyrrole nitrogens is 1. The molecule has 0 aliphatic rings. The Morgan fingerprint density at radius 3 is 2.72 bits per heavy atom. The number of amides is 1. The van der Waals surface area contributed by atoms with Gasteiger partial charge in [0, 0.05) is 23.6 Å². The highest BCUT2D eigenvalue weighted by atomic mass is 16.5. The molecule has 130 valence electrons. The van der Waals surface area contributed by atoms with Crippen molar-refractivity contribution in [1.29, 1.82) is 0 Å². The van der Waals surface area contributed by atoms with E-state index in [1.165, 1.54) is 5.56 Å². The van der Waals surface area contributed by atoms with E-state index in [1.807, 2.05) is 50.4 Å². The molecule has 0 radical (unpaired) electrons. The first kappa shape index (κ1) is 17.1. The van der Waals surface area contributed by atoms with E-state index < -0.39 is 5.41 Å². The van der Waals surface area contributed by atoms with Crippen molar-refractivity contribution in [1.82, 2.24) is 10.3 Å². The molecule has 3 aromatic rings. The van der Waals surface area contributed by atoms with Crippen molar-refractivity contribution in [2.24, 2.45) is 0 Å². The van der Waals surface area contributed by atoms with E-state index in [0.717, 1.165) is 27.8 Å². The molecule has 2 aromatic carbocycles. The lowest BCUT2D eigenvalue weighted by Crippen LogP contribution is -2.39. The maximum Gasteiger partial charge on any atom is 0.230 e. The van der Waals surface area contributed by atoms with E-state index >= 15 is 0 Å². The number of carbonyl (C=O) groups excluding carboxylic acids is 1. The molecule has 0 spiro atoms. The lowest BCUT2D eigenvalue weighted by atomic mass is 9.83. The molecule has 0 saturated carbocycles. The second-order valence-corrected chi connectivity index (χ2v) is 6.91. The Hall–Kier alpha value is -2.75. The Kier molecular flexibility index (Phi) is 4.53. The lowest BCUT2D eigenvalue weighted by molar-refractivity contribution is -0.125. The van der Waals surface area contributed by atoms with Gasteiger partial charge in [-0.2, -0.15) is 0 Å². The van der Waals surface area contributed by atoms with Crippen LogP contribution in [0.3, 0.4) is 0 Å². The number of aromatic nitrogens is 1. The van der Waals surface area contributed by atoms with Crippen LogP contribution in [0.4, 0.5) is 0 Å². The fourth-order valence-electron chi connectivity index (χ4n) is 3.09. The number of aromatic amines is 1. The molecule has 0 saturated heterocycles. The molecule has 2 N–H and O–H groups in total. The normalized spacial score (nSPS) is 11.5. The van der Waals surface area contributed by atoms with E-state index in [2.05, 4.69) is 29.4 Å². The number of benzene rings is 2. The highest BCUT2D eigenvalue weighted by molar-refractivity contribution is 5.95. The van der Waals surface area contributed by atoms with Gasteiger partial charge in [-0.1, -0.05) is 29.8 Å². The van der Waals surface area contributed by atoms with Gasteiger partial charge < -0.3 is 15.0 Å². The summed E-state index contributed by atoms with van der Waals surface area (Å²) in [5.74, 6) is 0.780. The zero-order chi connectivity index (χ0) is 18.0. The molecule has 0 unspecified atom stereocenters. The predicted molar refractivity (Wildman–Crippen MR) is 101 cm³/mol. The average Bonchev–Trinajstić information content (AvgIpc) is 3.03. The van der Waals surface area contributed by atoms with Crippen LogP contribution in [0.15, 0.2) is 48.7 Å². The number of rotatable bonds is 5. The maximum absolute atomic E-state index is 12.9. The fourth-order valence-corrected chi connectivity index (χ4v) is 3.09. The van der Waals surface area contributed by atoms with Gasteiger partial charge in [0.2, 0.25) is 5.91 Å². The first-order valence-electron chi connectivity index (χ1n) is 8.41. The fraction of sp³-hybridized carbons (Fsp3) is 0.286. The molecule has 4 nitrogen and oxygen atoms in total. The first-order chi connectivity index (χ1) is 11.9. The Labute approximate surface area is 148 Å². The van der Waals surface area contributed by atoms with Gasteiger partial charge in [-0.3, -0.25) is 4.79 Å². The summed E-state index contributed by atoms with van der Waals surface area (Å²) >= 11 is 0. The monoisotopic (exact) mass is 336 g/mol. The summed E-state index contributed by atoms with van der Waals surface area (Å²) in [6.45, 7) is 6.46. The number of hydrogen-bond donors (Lipinski definition) is 2. The van der Waals surface area contributed by atoms with E-state index in [-0.39, 0.29) is 5.91 Å². The molecule has 4 heteroatoms. The van der Waals surface area contributed by atoms with Crippen molar-refractivity contribution in [2.45, 2.75) is 32.7 Å². The topological polar surface area (TPSA) is 54.1 Å². The Balaban J connectivity index is 1.84. The highest BCUT2D eigenvalue weighted by Crippen LogP contribution is 2.32. The summed E-state index contributed by atoms with van der Waals surface area (Å²) in [5.41, 5.74) is 3.59. The highest BCUT2D eigenvalue weighted by Gasteiger charge is 2.32. The molecule has 0 atom stereocenters. The molecule has 0 aliphatic carbocycles. The number of hydrogen-bond acceptors (Lipinski definition) is 2. The number of nitrogens with one attached hydrogen (secondary N) is 2. The van der Waals surface area contributed by atoms with Gasteiger partial charge in [-0.15, -0.1) is 0 Å². The molecule has 1 heterocycles. The third-order valence-electron chi connectivity index (χ3n) is 4.67. The lowest BCUT2D eigenvalue weighted by Gasteiger charge is -2.23. The number of carbonyl (C=O) groups is 1.